The lowest BCUT2D eigenvalue weighted by Crippen LogP contribution is -2.15. The van der Waals surface area contributed by atoms with Crippen LogP contribution in [0.2, 0.25) is 0 Å². The van der Waals surface area contributed by atoms with E-state index in [4.69, 9.17) is 9.84 Å². The number of ether oxygens (including phenoxy) is 1. The molecule has 0 aliphatic heterocycles. The van der Waals surface area contributed by atoms with Gasteiger partial charge in [-0.2, -0.15) is 11.8 Å². The highest BCUT2D eigenvalue weighted by molar-refractivity contribution is 8.00. The number of nitrogens with one attached hydrogen (secondary N) is 1. The quantitative estimate of drug-likeness (QED) is 0.340. The first-order chi connectivity index (χ1) is 13.8. The third-order valence-electron chi connectivity index (χ3n) is 4.73. The lowest BCUT2D eigenvalue weighted by atomic mass is 9.91. The van der Waals surface area contributed by atoms with Gasteiger partial charge in [-0.25, -0.2) is 0 Å². The van der Waals surface area contributed by atoms with Crippen LogP contribution >= 0.6 is 11.8 Å². The molecular weight excluding hydrogens is 390 g/mol. The summed E-state index contributed by atoms with van der Waals surface area (Å²) in [5.74, 6) is 0.311. The molecule has 1 amide bonds. The van der Waals surface area contributed by atoms with Gasteiger partial charge in [-0.05, 0) is 55.1 Å². The summed E-state index contributed by atoms with van der Waals surface area (Å²) in [6.45, 7) is 5.72. The minimum absolute atomic E-state index is 0.000622. The number of amides is 1. The highest BCUT2D eigenvalue weighted by Crippen LogP contribution is 2.28. The highest BCUT2D eigenvalue weighted by Gasteiger charge is 2.16. The standard InChI is InChI=1S/C22H33NO5S/c1-5-18(14-24)29-10-6-7-21(25)23-19-13-17(8-9-20(19)28-4)12-15(2)11-16(3)22(26)27/h8-9,13-16,18H,5-7,10-12H2,1-4H3,(H,23,25)(H,26,27)/t15-,16?,18?/m1/s1. The Morgan fingerprint density at radius 3 is 2.62 bits per heavy atom. The van der Waals surface area contributed by atoms with Crippen molar-refractivity contribution in [3.63, 3.8) is 0 Å². The van der Waals surface area contributed by atoms with Gasteiger partial charge in [0.05, 0.1) is 24.0 Å². The monoisotopic (exact) mass is 423 g/mol. The molecule has 0 bridgehead atoms. The molecule has 0 aromatic heterocycles. The minimum Gasteiger partial charge on any atom is -0.495 e. The zero-order chi connectivity index (χ0) is 21.8. The van der Waals surface area contributed by atoms with Gasteiger partial charge in [0.15, 0.2) is 0 Å². The topological polar surface area (TPSA) is 92.7 Å². The second kappa shape index (κ2) is 13.2. The van der Waals surface area contributed by atoms with Crippen LogP contribution in [0.15, 0.2) is 18.2 Å². The number of benzene rings is 1. The number of carboxylic acids is 1. The average molecular weight is 424 g/mol. The van der Waals surface area contributed by atoms with E-state index in [0.29, 0.717) is 30.7 Å². The van der Waals surface area contributed by atoms with Crippen molar-refractivity contribution in [3.05, 3.63) is 23.8 Å². The molecule has 29 heavy (non-hydrogen) atoms. The summed E-state index contributed by atoms with van der Waals surface area (Å²) in [5.41, 5.74) is 1.65. The number of anilines is 1. The number of aldehydes is 1. The number of thioether (sulfide) groups is 1. The van der Waals surface area contributed by atoms with Crippen molar-refractivity contribution in [2.45, 2.75) is 58.1 Å². The van der Waals surface area contributed by atoms with E-state index in [9.17, 15) is 14.4 Å². The van der Waals surface area contributed by atoms with E-state index in [2.05, 4.69) is 5.32 Å². The van der Waals surface area contributed by atoms with Crippen LogP contribution in [-0.2, 0) is 20.8 Å². The molecular formula is C22H33NO5S. The maximum Gasteiger partial charge on any atom is 0.306 e. The van der Waals surface area contributed by atoms with Crippen molar-refractivity contribution in [3.8, 4) is 5.75 Å². The van der Waals surface area contributed by atoms with Gasteiger partial charge in [-0.1, -0.05) is 26.8 Å². The van der Waals surface area contributed by atoms with Gasteiger partial charge in [0.25, 0.3) is 0 Å². The summed E-state index contributed by atoms with van der Waals surface area (Å²) in [7, 11) is 1.56. The SMILES string of the molecule is CCC(C=O)SCCCC(=O)Nc1cc(C[C@H](C)CC(C)C(=O)O)ccc1OC. The maximum absolute atomic E-state index is 12.3. The van der Waals surface area contributed by atoms with Crippen LogP contribution in [0.4, 0.5) is 5.69 Å². The summed E-state index contributed by atoms with van der Waals surface area (Å²) < 4.78 is 5.35. The summed E-state index contributed by atoms with van der Waals surface area (Å²) in [5, 5.41) is 12.0. The smallest absolute Gasteiger partial charge is 0.306 e. The Kier molecular flexibility index (Phi) is 11.4. The van der Waals surface area contributed by atoms with Crippen molar-refractivity contribution in [1.82, 2.24) is 0 Å². The van der Waals surface area contributed by atoms with E-state index in [1.54, 1.807) is 25.8 Å². The number of hydrogen-bond acceptors (Lipinski definition) is 5. The van der Waals surface area contributed by atoms with Crippen molar-refractivity contribution >= 4 is 35.6 Å². The molecule has 0 saturated carbocycles. The normalized spacial score (nSPS) is 13.9. The molecule has 1 aromatic rings. The molecule has 7 heteroatoms. The number of aliphatic carboxylic acids is 1. The summed E-state index contributed by atoms with van der Waals surface area (Å²) >= 11 is 1.58. The van der Waals surface area contributed by atoms with Crippen molar-refractivity contribution < 1.29 is 24.2 Å². The Morgan fingerprint density at radius 2 is 2.03 bits per heavy atom. The van der Waals surface area contributed by atoms with Crippen LogP contribution in [0.3, 0.4) is 0 Å². The average Bonchev–Trinajstić information content (AvgIpc) is 2.68. The molecule has 2 unspecified atom stereocenters. The molecule has 162 valence electrons. The Balaban J connectivity index is 2.63. The highest BCUT2D eigenvalue weighted by atomic mass is 32.2. The minimum atomic E-state index is -0.781. The third kappa shape index (κ3) is 9.35. The first-order valence-electron chi connectivity index (χ1n) is 10.1. The van der Waals surface area contributed by atoms with Crippen LogP contribution in [0, 0.1) is 11.8 Å². The maximum atomic E-state index is 12.3. The van der Waals surface area contributed by atoms with Gasteiger partial charge < -0.3 is 20.0 Å². The number of carbonyl (C=O) groups excluding carboxylic acids is 2. The van der Waals surface area contributed by atoms with E-state index >= 15 is 0 Å². The van der Waals surface area contributed by atoms with E-state index in [1.807, 2.05) is 32.0 Å². The predicted molar refractivity (Wildman–Crippen MR) is 118 cm³/mol. The molecule has 0 fully saturated rings. The Labute approximate surface area is 177 Å². The molecule has 3 atom stereocenters. The predicted octanol–water partition coefficient (Wildman–Crippen LogP) is 4.41. The lowest BCUT2D eigenvalue weighted by molar-refractivity contribution is -0.141. The number of rotatable bonds is 14. The van der Waals surface area contributed by atoms with Gasteiger partial charge in [0.1, 0.15) is 12.0 Å². The zero-order valence-electron chi connectivity index (χ0n) is 17.8. The van der Waals surface area contributed by atoms with Crippen molar-refractivity contribution in [2.75, 3.05) is 18.2 Å². The molecule has 1 aromatic carbocycles. The summed E-state index contributed by atoms with van der Waals surface area (Å²) in [6.07, 6.45) is 4.16. The molecule has 0 aliphatic carbocycles. The number of carbonyl (C=O) groups is 3. The third-order valence-corrected chi connectivity index (χ3v) is 6.13. The van der Waals surface area contributed by atoms with Crippen molar-refractivity contribution in [2.24, 2.45) is 11.8 Å². The fourth-order valence-corrected chi connectivity index (χ4v) is 4.03. The Hall–Kier alpha value is -2.02. The van der Waals surface area contributed by atoms with E-state index in [1.165, 1.54) is 0 Å². The van der Waals surface area contributed by atoms with Crippen LogP contribution in [0.5, 0.6) is 5.75 Å². The Bertz CT molecular complexity index is 679. The second-order valence-corrected chi connectivity index (χ2v) is 8.77. The van der Waals surface area contributed by atoms with Gasteiger partial charge >= 0.3 is 5.97 Å². The first-order valence-corrected chi connectivity index (χ1v) is 11.1. The largest absolute Gasteiger partial charge is 0.495 e. The van der Waals surface area contributed by atoms with E-state index in [-0.39, 0.29) is 23.0 Å². The molecule has 2 N–H and O–H groups in total. The van der Waals surface area contributed by atoms with Crippen LogP contribution in [0.1, 0.15) is 52.0 Å². The summed E-state index contributed by atoms with van der Waals surface area (Å²) in [4.78, 5) is 34.2. The summed E-state index contributed by atoms with van der Waals surface area (Å²) in [6, 6.07) is 5.66. The van der Waals surface area contributed by atoms with E-state index < -0.39 is 5.97 Å². The van der Waals surface area contributed by atoms with Crippen LogP contribution in [0.25, 0.3) is 0 Å². The zero-order valence-corrected chi connectivity index (χ0v) is 18.6. The molecule has 0 heterocycles. The fraction of sp³-hybridized carbons (Fsp3) is 0.591. The van der Waals surface area contributed by atoms with E-state index in [0.717, 1.165) is 30.4 Å². The van der Waals surface area contributed by atoms with Gasteiger partial charge in [0, 0.05) is 6.42 Å². The number of carboxylic acid groups (broad SMARTS) is 1. The van der Waals surface area contributed by atoms with Crippen molar-refractivity contribution in [1.29, 1.82) is 0 Å². The molecule has 1 rings (SSSR count). The lowest BCUT2D eigenvalue weighted by Gasteiger charge is -2.16. The van der Waals surface area contributed by atoms with Gasteiger partial charge in [0.2, 0.25) is 5.91 Å². The van der Waals surface area contributed by atoms with Crippen LogP contribution in [-0.4, -0.2) is 41.4 Å². The molecule has 0 spiro atoms. The second-order valence-electron chi connectivity index (χ2n) is 7.42. The number of hydrogen-bond donors (Lipinski definition) is 2. The molecule has 0 saturated heterocycles. The molecule has 0 aliphatic rings. The van der Waals surface area contributed by atoms with Crippen LogP contribution < -0.4 is 10.1 Å². The number of methoxy groups -OCH3 is 1. The first kappa shape index (κ1) is 25.0. The van der Waals surface area contributed by atoms with Gasteiger partial charge in [-0.3, -0.25) is 9.59 Å². The molecule has 0 radical (unpaired) electrons. The molecule has 6 nitrogen and oxygen atoms in total. The fourth-order valence-electron chi connectivity index (χ4n) is 3.10. The Morgan fingerprint density at radius 1 is 1.31 bits per heavy atom. The van der Waals surface area contributed by atoms with Gasteiger partial charge in [-0.15, -0.1) is 0 Å².